The Hall–Kier alpha value is -1.76. The number of hydrogen-bond donors (Lipinski definition) is 0. The maximum atomic E-state index is 12.5. The second-order valence-electron chi connectivity index (χ2n) is 7.76. The number of unbranched alkanes of at least 4 members (excludes halogenated alkanes) is 9. The van der Waals surface area contributed by atoms with Crippen molar-refractivity contribution >= 4 is 20.9 Å². The van der Waals surface area contributed by atoms with Crippen molar-refractivity contribution in [3.63, 3.8) is 0 Å². The number of halogens is 3. The SMILES string of the molecule is CCCCCCCCCCCCc1ccc2cc(OS(=O)(=O)C(F)(F)F)ccc2c1. The molecule has 0 heterocycles. The Balaban J connectivity index is 1.78. The van der Waals surface area contributed by atoms with Gasteiger partial charge < -0.3 is 4.18 Å². The highest BCUT2D eigenvalue weighted by atomic mass is 32.2. The van der Waals surface area contributed by atoms with Crippen LogP contribution in [0.3, 0.4) is 0 Å². The van der Waals surface area contributed by atoms with Crippen LogP contribution >= 0.6 is 0 Å². The van der Waals surface area contributed by atoms with E-state index < -0.39 is 15.6 Å². The third-order valence-corrected chi connectivity index (χ3v) is 6.16. The quantitative estimate of drug-likeness (QED) is 0.182. The van der Waals surface area contributed by atoms with E-state index in [1.165, 1.54) is 75.5 Å². The third kappa shape index (κ3) is 7.82. The fraction of sp³-hybridized carbons (Fsp3) is 0.565. The number of alkyl halides is 3. The molecule has 2 rings (SSSR count). The smallest absolute Gasteiger partial charge is 0.376 e. The van der Waals surface area contributed by atoms with Gasteiger partial charge in [-0.05, 0) is 41.3 Å². The Bertz CT molecular complexity index is 892. The van der Waals surface area contributed by atoms with Gasteiger partial charge in [0, 0.05) is 0 Å². The molecule has 0 aliphatic rings. The van der Waals surface area contributed by atoms with E-state index in [0.717, 1.165) is 18.2 Å². The lowest BCUT2D eigenvalue weighted by Gasteiger charge is -2.10. The van der Waals surface area contributed by atoms with Crippen LogP contribution in [0.4, 0.5) is 13.2 Å². The summed E-state index contributed by atoms with van der Waals surface area (Å²) in [5.41, 5.74) is -4.28. The van der Waals surface area contributed by atoms with Gasteiger partial charge in [0.1, 0.15) is 5.75 Å². The lowest BCUT2D eigenvalue weighted by atomic mass is 10.0. The van der Waals surface area contributed by atoms with Crippen LogP contribution in [0, 0.1) is 0 Å². The highest BCUT2D eigenvalue weighted by Gasteiger charge is 2.48. The lowest BCUT2D eigenvalue weighted by Crippen LogP contribution is -2.28. The molecule has 2 aromatic carbocycles. The van der Waals surface area contributed by atoms with Crippen LogP contribution in [-0.4, -0.2) is 13.9 Å². The van der Waals surface area contributed by atoms with Crippen molar-refractivity contribution in [3.8, 4) is 5.75 Å². The fourth-order valence-electron chi connectivity index (χ4n) is 3.47. The maximum Gasteiger partial charge on any atom is 0.534 e. The molecule has 0 aliphatic carbocycles. The van der Waals surface area contributed by atoms with E-state index in [1.807, 2.05) is 12.1 Å². The standard InChI is InChI=1S/C23H31F3O3S/c1-2-3-4-5-6-7-8-9-10-11-12-19-13-14-21-18-22(16-15-20(21)17-19)29-30(27,28)23(24,25)26/h13-18H,2-12H2,1H3. The number of aryl methyl sites for hydroxylation is 1. The van der Waals surface area contributed by atoms with Crippen LogP contribution in [0.5, 0.6) is 5.75 Å². The van der Waals surface area contributed by atoms with Gasteiger partial charge >= 0.3 is 15.6 Å². The van der Waals surface area contributed by atoms with E-state index in [0.29, 0.717) is 5.39 Å². The first kappa shape index (κ1) is 24.5. The molecule has 0 saturated heterocycles. The third-order valence-electron chi connectivity index (χ3n) is 5.18. The van der Waals surface area contributed by atoms with Gasteiger partial charge in [0.05, 0.1) is 0 Å². The second kappa shape index (κ2) is 11.6. The van der Waals surface area contributed by atoms with Gasteiger partial charge in [-0.25, -0.2) is 0 Å². The molecule has 0 amide bonds. The molecule has 0 saturated carbocycles. The van der Waals surface area contributed by atoms with E-state index in [4.69, 9.17) is 0 Å². The zero-order valence-corrected chi connectivity index (χ0v) is 18.3. The maximum absolute atomic E-state index is 12.5. The van der Waals surface area contributed by atoms with E-state index in [1.54, 1.807) is 12.1 Å². The lowest BCUT2D eigenvalue weighted by molar-refractivity contribution is -0.0500. The van der Waals surface area contributed by atoms with E-state index in [2.05, 4.69) is 11.1 Å². The summed E-state index contributed by atoms with van der Waals surface area (Å²) in [5, 5.41) is 1.48. The average Bonchev–Trinajstić information content (AvgIpc) is 2.68. The number of fused-ring (bicyclic) bond motifs is 1. The molecule has 7 heteroatoms. The van der Waals surface area contributed by atoms with Crippen molar-refractivity contribution in [1.29, 1.82) is 0 Å². The van der Waals surface area contributed by atoms with Crippen LogP contribution in [0.15, 0.2) is 36.4 Å². The van der Waals surface area contributed by atoms with Gasteiger partial charge in [0.15, 0.2) is 0 Å². The van der Waals surface area contributed by atoms with Gasteiger partial charge in [-0.2, -0.15) is 21.6 Å². The number of hydrogen-bond acceptors (Lipinski definition) is 3. The first-order valence-corrected chi connectivity index (χ1v) is 12.2. The van der Waals surface area contributed by atoms with Crippen molar-refractivity contribution in [2.24, 2.45) is 0 Å². The van der Waals surface area contributed by atoms with Crippen LogP contribution in [0.2, 0.25) is 0 Å². The Morgan fingerprint density at radius 2 is 1.30 bits per heavy atom. The summed E-state index contributed by atoms with van der Waals surface area (Å²) in [6.45, 7) is 2.23. The number of benzene rings is 2. The van der Waals surface area contributed by atoms with Crippen molar-refractivity contribution in [2.75, 3.05) is 0 Å². The molecule has 0 radical (unpaired) electrons. The van der Waals surface area contributed by atoms with Crippen molar-refractivity contribution in [3.05, 3.63) is 42.0 Å². The Kier molecular flexibility index (Phi) is 9.46. The summed E-state index contributed by atoms with van der Waals surface area (Å²) < 4.78 is 63.8. The predicted octanol–water partition coefficient (Wildman–Crippen LogP) is 7.53. The zero-order valence-electron chi connectivity index (χ0n) is 17.5. The van der Waals surface area contributed by atoms with Gasteiger partial charge in [-0.15, -0.1) is 0 Å². The van der Waals surface area contributed by atoms with E-state index in [9.17, 15) is 21.6 Å². The molecule has 0 N–H and O–H groups in total. The first-order valence-electron chi connectivity index (χ1n) is 10.8. The van der Waals surface area contributed by atoms with Crippen LogP contribution in [0.1, 0.15) is 76.7 Å². The highest BCUT2D eigenvalue weighted by Crippen LogP contribution is 2.29. The summed E-state index contributed by atoms with van der Waals surface area (Å²) in [6, 6.07) is 9.84. The first-order chi connectivity index (χ1) is 14.2. The van der Waals surface area contributed by atoms with Crippen molar-refractivity contribution in [2.45, 2.75) is 83.1 Å². The van der Waals surface area contributed by atoms with Gasteiger partial charge in [-0.3, -0.25) is 0 Å². The molecule has 0 atom stereocenters. The minimum atomic E-state index is -5.66. The van der Waals surface area contributed by atoms with Crippen molar-refractivity contribution < 1.29 is 25.8 Å². The fourth-order valence-corrected chi connectivity index (χ4v) is 3.92. The molecule has 3 nitrogen and oxygen atoms in total. The van der Waals surface area contributed by atoms with Gasteiger partial charge in [0.2, 0.25) is 0 Å². The monoisotopic (exact) mass is 444 g/mol. The minimum absolute atomic E-state index is 0.345. The second-order valence-corrected chi connectivity index (χ2v) is 9.30. The molecule has 0 fully saturated rings. The molecule has 0 unspecified atom stereocenters. The van der Waals surface area contributed by atoms with Crippen LogP contribution < -0.4 is 4.18 Å². The van der Waals surface area contributed by atoms with E-state index in [-0.39, 0.29) is 5.75 Å². The van der Waals surface area contributed by atoms with E-state index >= 15 is 0 Å². The summed E-state index contributed by atoms with van der Waals surface area (Å²) >= 11 is 0. The molecule has 0 spiro atoms. The van der Waals surface area contributed by atoms with Crippen molar-refractivity contribution in [1.82, 2.24) is 0 Å². The summed E-state index contributed by atoms with van der Waals surface area (Å²) in [4.78, 5) is 0. The molecule has 30 heavy (non-hydrogen) atoms. The summed E-state index contributed by atoms with van der Waals surface area (Å²) in [5.74, 6) is -0.345. The van der Waals surface area contributed by atoms with Gasteiger partial charge in [0.25, 0.3) is 0 Å². The molecular formula is C23H31F3O3S. The Morgan fingerprint density at radius 1 is 0.767 bits per heavy atom. The minimum Gasteiger partial charge on any atom is -0.376 e. The summed E-state index contributed by atoms with van der Waals surface area (Å²) in [6.07, 6.45) is 13.7. The predicted molar refractivity (Wildman–Crippen MR) is 115 cm³/mol. The van der Waals surface area contributed by atoms with Crippen LogP contribution in [0.25, 0.3) is 10.8 Å². The highest BCUT2D eigenvalue weighted by molar-refractivity contribution is 7.88. The average molecular weight is 445 g/mol. The Labute approximate surface area is 177 Å². The molecule has 2 aromatic rings. The summed E-state index contributed by atoms with van der Waals surface area (Å²) in [7, 11) is -5.66. The topological polar surface area (TPSA) is 43.4 Å². The molecule has 168 valence electrons. The zero-order chi connectivity index (χ0) is 22.0. The molecular weight excluding hydrogens is 413 g/mol. The largest absolute Gasteiger partial charge is 0.534 e. The molecule has 0 aromatic heterocycles. The Morgan fingerprint density at radius 3 is 1.90 bits per heavy atom. The van der Waals surface area contributed by atoms with Gasteiger partial charge in [-0.1, -0.05) is 89.0 Å². The molecule has 0 aliphatic heterocycles. The molecule has 0 bridgehead atoms. The van der Waals surface area contributed by atoms with Crippen LogP contribution in [-0.2, 0) is 16.5 Å². The number of rotatable bonds is 13. The normalized spacial score (nSPS) is 12.4.